The molecule has 1 rings (SSSR count). The number of hydrogen-bond donors (Lipinski definition) is 0. The smallest absolute Gasteiger partial charge is 0.157 e. The molecule has 3 nitrogen and oxygen atoms in total. The third kappa shape index (κ3) is 5.52. The first kappa shape index (κ1) is 15.0. The maximum absolute atomic E-state index is 5.51. The molecule has 0 unspecified atom stereocenters. The zero-order valence-electron chi connectivity index (χ0n) is 11.6. The number of methoxy groups -OCH3 is 1. The Hall–Kier alpha value is -1.06. The molecule has 0 radical (unpaired) electrons. The summed E-state index contributed by atoms with van der Waals surface area (Å²) in [4.78, 5) is 0. The second kappa shape index (κ2) is 8.95. The quantitative estimate of drug-likeness (QED) is 0.630. The van der Waals surface area contributed by atoms with Crippen LogP contribution in [0.25, 0.3) is 0 Å². The summed E-state index contributed by atoms with van der Waals surface area (Å²) in [5.74, 6) is 0.903. The topological polar surface area (TPSA) is 27.7 Å². The first-order valence-electron chi connectivity index (χ1n) is 6.66. The molecule has 1 aromatic carbocycles. The number of hydrogen-bond acceptors (Lipinski definition) is 3. The molecule has 0 heterocycles. The molecule has 0 aromatic heterocycles. The summed E-state index contributed by atoms with van der Waals surface area (Å²) in [6.45, 7) is 5.39. The molecule has 0 aliphatic rings. The molecule has 0 fully saturated rings. The summed E-state index contributed by atoms with van der Waals surface area (Å²) in [7, 11) is 1.68. The van der Waals surface area contributed by atoms with Gasteiger partial charge in [-0.25, -0.2) is 0 Å². The Kier molecular flexibility index (Phi) is 7.46. The van der Waals surface area contributed by atoms with Crippen molar-refractivity contribution in [2.24, 2.45) is 0 Å². The van der Waals surface area contributed by atoms with E-state index in [0.717, 1.165) is 25.0 Å². The summed E-state index contributed by atoms with van der Waals surface area (Å²) in [6.07, 6.45) is 2.99. The van der Waals surface area contributed by atoms with Crippen LogP contribution in [0.2, 0.25) is 0 Å². The average molecular weight is 252 g/mol. The lowest BCUT2D eigenvalue weighted by Gasteiger charge is -2.16. The summed E-state index contributed by atoms with van der Waals surface area (Å²) in [5.41, 5.74) is 1.32. The van der Waals surface area contributed by atoms with E-state index < -0.39 is 0 Å². The molecule has 1 aromatic rings. The molecule has 0 atom stereocenters. The van der Waals surface area contributed by atoms with E-state index >= 15 is 0 Å². The molecule has 0 aliphatic heterocycles. The lowest BCUT2D eigenvalue weighted by atomic mass is 10.1. The van der Waals surface area contributed by atoms with Crippen LogP contribution in [0.4, 0.5) is 0 Å². The lowest BCUT2D eigenvalue weighted by Crippen LogP contribution is -2.17. The van der Waals surface area contributed by atoms with Crippen LogP contribution in [-0.4, -0.2) is 26.6 Å². The van der Waals surface area contributed by atoms with Crippen molar-refractivity contribution in [2.45, 2.75) is 39.4 Å². The van der Waals surface area contributed by atoms with E-state index in [9.17, 15) is 0 Å². The van der Waals surface area contributed by atoms with Gasteiger partial charge in [0, 0.05) is 13.2 Å². The van der Waals surface area contributed by atoms with Gasteiger partial charge in [0.05, 0.1) is 7.11 Å². The highest BCUT2D eigenvalue weighted by molar-refractivity contribution is 5.27. The average Bonchev–Trinajstić information content (AvgIpc) is 2.40. The van der Waals surface area contributed by atoms with Crippen LogP contribution < -0.4 is 4.74 Å². The van der Waals surface area contributed by atoms with Crippen molar-refractivity contribution < 1.29 is 14.2 Å². The van der Waals surface area contributed by atoms with Gasteiger partial charge < -0.3 is 14.2 Å². The van der Waals surface area contributed by atoms with Crippen LogP contribution in [0.1, 0.15) is 32.3 Å². The summed E-state index contributed by atoms with van der Waals surface area (Å²) in [5, 5.41) is 0. The van der Waals surface area contributed by atoms with Gasteiger partial charge in [0.25, 0.3) is 0 Å². The minimum absolute atomic E-state index is 0.0572. The minimum Gasteiger partial charge on any atom is -0.497 e. The number of ether oxygens (including phenoxy) is 3. The highest BCUT2D eigenvalue weighted by atomic mass is 16.7. The predicted octanol–water partition coefficient (Wildman–Crippen LogP) is 3.42. The fraction of sp³-hybridized carbons (Fsp3) is 0.600. The molecule has 3 heteroatoms. The zero-order chi connectivity index (χ0) is 13.2. The summed E-state index contributed by atoms with van der Waals surface area (Å²) in [6, 6.07) is 8.21. The first-order chi connectivity index (χ1) is 8.80. The van der Waals surface area contributed by atoms with Gasteiger partial charge in [-0.15, -0.1) is 0 Å². The molecule has 0 N–H and O–H groups in total. The van der Waals surface area contributed by atoms with Gasteiger partial charge in [-0.05, 0) is 50.8 Å². The van der Waals surface area contributed by atoms with Crippen molar-refractivity contribution >= 4 is 0 Å². The normalized spacial score (nSPS) is 10.9. The van der Waals surface area contributed by atoms with Crippen LogP contribution in [0.5, 0.6) is 5.75 Å². The van der Waals surface area contributed by atoms with Crippen molar-refractivity contribution in [3.05, 3.63) is 29.8 Å². The van der Waals surface area contributed by atoms with Crippen LogP contribution in [-0.2, 0) is 15.9 Å². The molecule has 0 aliphatic carbocycles. The van der Waals surface area contributed by atoms with E-state index in [1.54, 1.807) is 7.11 Å². The van der Waals surface area contributed by atoms with E-state index in [-0.39, 0.29) is 6.29 Å². The van der Waals surface area contributed by atoms with E-state index in [2.05, 4.69) is 12.1 Å². The third-order valence-corrected chi connectivity index (χ3v) is 2.77. The van der Waals surface area contributed by atoms with E-state index in [0.29, 0.717) is 13.2 Å². The maximum Gasteiger partial charge on any atom is 0.157 e. The molecule has 0 bridgehead atoms. The highest BCUT2D eigenvalue weighted by Gasteiger charge is 2.07. The van der Waals surface area contributed by atoms with Gasteiger partial charge in [0.1, 0.15) is 5.75 Å². The molecule has 0 spiro atoms. The molecule has 102 valence electrons. The summed E-state index contributed by atoms with van der Waals surface area (Å²) >= 11 is 0. The van der Waals surface area contributed by atoms with Crippen molar-refractivity contribution in [3.63, 3.8) is 0 Å². The van der Waals surface area contributed by atoms with Crippen LogP contribution in [0.3, 0.4) is 0 Å². The van der Waals surface area contributed by atoms with Crippen molar-refractivity contribution in [3.8, 4) is 5.75 Å². The standard InChI is InChI=1S/C15H24O3/c1-4-17-15(18-5-2)8-6-7-13-9-11-14(16-3)12-10-13/h9-12,15H,4-8H2,1-3H3. The highest BCUT2D eigenvalue weighted by Crippen LogP contribution is 2.14. The van der Waals surface area contributed by atoms with Crippen LogP contribution in [0, 0.1) is 0 Å². The molecule has 0 saturated carbocycles. The molecule has 0 saturated heterocycles. The van der Waals surface area contributed by atoms with Gasteiger partial charge >= 0.3 is 0 Å². The van der Waals surface area contributed by atoms with Gasteiger partial charge in [0.2, 0.25) is 0 Å². The number of rotatable bonds is 9. The van der Waals surface area contributed by atoms with E-state index in [1.807, 2.05) is 26.0 Å². The molecular formula is C15H24O3. The maximum atomic E-state index is 5.51. The fourth-order valence-corrected chi connectivity index (χ4v) is 1.85. The third-order valence-electron chi connectivity index (χ3n) is 2.77. The Morgan fingerprint density at radius 3 is 2.11 bits per heavy atom. The van der Waals surface area contributed by atoms with Crippen molar-refractivity contribution in [1.29, 1.82) is 0 Å². The Morgan fingerprint density at radius 1 is 1.00 bits per heavy atom. The molecule has 0 amide bonds. The second-order valence-electron chi connectivity index (χ2n) is 4.08. The first-order valence-corrected chi connectivity index (χ1v) is 6.66. The number of aryl methyl sites for hydroxylation is 1. The molecule has 18 heavy (non-hydrogen) atoms. The van der Waals surface area contributed by atoms with Crippen molar-refractivity contribution in [1.82, 2.24) is 0 Å². The van der Waals surface area contributed by atoms with E-state index in [4.69, 9.17) is 14.2 Å². The Bertz CT molecular complexity index is 302. The van der Waals surface area contributed by atoms with Gasteiger partial charge in [0.15, 0.2) is 6.29 Å². The summed E-state index contributed by atoms with van der Waals surface area (Å²) < 4.78 is 16.2. The Labute approximate surface area is 110 Å². The van der Waals surface area contributed by atoms with E-state index in [1.165, 1.54) is 5.56 Å². The number of benzene rings is 1. The van der Waals surface area contributed by atoms with Gasteiger partial charge in [-0.2, -0.15) is 0 Å². The SMILES string of the molecule is CCOC(CCCc1ccc(OC)cc1)OCC. The molecular weight excluding hydrogens is 228 g/mol. The Morgan fingerprint density at radius 2 is 1.61 bits per heavy atom. The predicted molar refractivity (Wildman–Crippen MR) is 73.0 cm³/mol. The lowest BCUT2D eigenvalue weighted by molar-refractivity contribution is -0.139. The van der Waals surface area contributed by atoms with Crippen LogP contribution >= 0.6 is 0 Å². The Balaban J connectivity index is 2.30. The van der Waals surface area contributed by atoms with Crippen molar-refractivity contribution in [2.75, 3.05) is 20.3 Å². The minimum atomic E-state index is -0.0572. The van der Waals surface area contributed by atoms with Gasteiger partial charge in [-0.1, -0.05) is 12.1 Å². The fourth-order valence-electron chi connectivity index (χ4n) is 1.85. The monoisotopic (exact) mass is 252 g/mol. The van der Waals surface area contributed by atoms with Crippen LogP contribution in [0.15, 0.2) is 24.3 Å². The zero-order valence-corrected chi connectivity index (χ0v) is 11.6. The second-order valence-corrected chi connectivity index (χ2v) is 4.08. The largest absolute Gasteiger partial charge is 0.497 e. The van der Waals surface area contributed by atoms with Gasteiger partial charge in [-0.3, -0.25) is 0 Å².